The smallest absolute Gasteiger partial charge is 0.146 e. The normalized spacial score (nSPS) is 12.4. The molecule has 2 heterocycles. The second kappa shape index (κ2) is 4.37. The Labute approximate surface area is 93.2 Å². The van der Waals surface area contributed by atoms with Crippen molar-refractivity contribution in [3.05, 3.63) is 59.4 Å². The minimum absolute atomic E-state index is 0.404. The van der Waals surface area contributed by atoms with Gasteiger partial charge in [0, 0.05) is 17.5 Å². The molecule has 0 spiro atoms. The van der Waals surface area contributed by atoms with Crippen LogP contribution in [-0.4, -0.2) is 9.97 Å². The Morgan fingerprint density at radius 2 is 2.12 bits per heavy atom. The van der Waals surface area contributed by atoms with Gasteiger partial charge in [-0.15, -0.1) is 0 Å². The quantitative estimate of drug-likeness (QED) is 0.836. The molecule has 2 aromatic heterocycles. The lowest BCUT2D eigenvalue weighted by Gasteiger charge is -2.12. The molecule has 2 N–H and O–H groups in total. The lowest BCUT2D eigenvalue weighted by Crippen LogP contribution is -2.15. The summed E-state index contributed by atoms with van der Waals surface area (Å²) in [6, 6.07) is 6.54. The van der Waals surface area contributed by atoms with Crippen molar-refractivity contribution >= 4 is 0 Å². The molecule has 2 rings (SSSR count). The molecule has 0 fully saturated rings. The van der Waals surface area contributed by atoms with Gasteiger partial charge in [0.05, 0.1) is 17.9 Å². The van der Waals surface area contributed by atoms with E-state index in [-0.39, 0.29) is 0 Å². The number of aromatic nitrogens is 2. The third kappa shape index (κ3) is 2.06. The first-order valence-electron chi connectivity index (χ1n) is 4.97. The molecule has 0 aliphatic carbocycles. The maximum absolute atomic E-state index is 13.5. The minimum Gasteiger partial charge on any atom is -0.319 e. The van der Waals surface area contributed by atoms with Gasteiger partial charge >= 0.3 is 0 Å². The summed E-state index contributed by atoms with van der Waals surface area (Å²) in [6.45, 7) is 1.87. The predicted octanol–water partition coefficient (Wildman–Crippen LogP) is 1.97. The van der Waals surface area contributed by atoms with Gasteiger partial charge in [-0.2, -0.15) is 0 Å². The fourth-order valence-corrected chi connectivity index (χ4v) is 1.53. The molecule has 1 unspecified atom stereocenters. The monoisotopic (exact) mass is 217 g/mol. The van der Waals surface area contributed by atoms with Gasteiger partial charge in [0.15, 0.2) is 0 Å². The number of pyridine rings is 2. The van der Waals surface area contributed by atoms with Crippen LogP contribution in [0.2, 0.25) is 0 Å². The van der Waals surface area contributed by atoms with Crippen molar-refractivity contribution in [2.45, 2.75) is 13.0 Å². The maximum Gasteiger partial charge on any atom is 0.146 e. The van der Waals surface area contributed by atoms with Crippen LogP contribution in [-0.2, 0) is 0 Å². The van der Waals surface area contributed by atoms with E-state index in [1.54, 1.807) is 12.1 Å². The lowest BCUT2D eigenvalue weighted by atomic mass is 10.0. The molecule has 0 saturated heterocycles. The third-order valence-electron chi connectivity index (χ3n) is 2.37. The van der Waals surface area contributed by atoms with E-state index in [0.717, 1.165) is 11.9 Å². The minimum atomic E-state index is -0.553. The second-order valence-electron chi connectivity index (χ2n) is 3.58. The zero-order valence-corrected chi connectivity index (χ0v) is 8.89. The summed E-state index contributed by atoms with van der Waals surface area (Å²) in [5.74, 6) is -0.404. The van der Waals surface area contributed by atoms with Gasteiger partial charge in [0.2, 0.25) is 0 Å². The molecule has 0 bridgehead atoms. The molecule has 0 aliphatic rings. The van der Waals surface area contributed by atoms with Crippen molar-refractivity contribution < 1.29 is 4.39 Å². The molecule has 0 aromatic carbocycles. The number of nitrogens with zero attached hydrogens (tertiary/aromatic N) is 2. The number of rotatable bonds is 2. The van der Waals surface area contributed by atoms with Crippen molar-refractivity contribution in [1.82, 2.24) is 9.97 Å². The maximum atomic E-state index is 13.5. The summed E-state index contributed by atoms with van der Waals surface area (Å²) < 4.78 is 13.5. The third-order valence-corrected chi connectivity index (χ3v) is 2.37. The Morgan fingerprint density at radius 1 is 1.31 bits per heavy atom. The van der Waals surface area contributed by atoms with Crippen LogP contribution in [0.15, 0.2) is 36.7 Å². The molecule has 0 amide bonds. The summed E-state index contributed by atoms with van der Waals surface area (Å²) in [5.41, 5.74) is 7.89. The molecule has 0 radical (unpaired) electrons. The number of halogens is 1. The average molecular weight is 217 g/mol. The van der Waals surface area contributed by atoms with Gasteiger partial charge in [-0.25, -0.2) is 4.39 Å². The summed E-state index contributed by atoms with van der Waals surface area (Å²) in [7, 11) is 0. The van der Waals surface area contributed by atoms with Crippen LogP contribution in [0.1, 0.15) is 23.0 Å². The predicted molar refractivity (Wildman–Crippen MR) is 59.2 cm³/mol. The van der Waals surface area contributed by atoms with Gasteiger partial charge in [0.1, 0.15) is 5.82 Å². The van der Waals surface area contributed by atoms with Gasteiger partial charge in [-0.3, -0.25) is 9.97 Å². The largest absolute Gasteiger partial charge is 0.319 e. The summed E-state index contributed by atoms with van der Waals surface area (Å²) in [5, 5.41) is 0. The molecular weight excluding hydrogens is 205 g/mol. The summed E-state index contributed by atoms with van der Waals surface area (Å²) in [6.07, 6.45) is 2.68. The molecule has 2 aromatic rings. The van der Waals surface area contributed by atoms with Crippen LogP contribution in [0.25, 0.3) is 0 Å². The molecule has 0 aliphatic heterocycles. The van der Waals surface area contributed by atoms with E-state index < -0.39 is 11.9 Å². The van der Waals surface area contributed by atoms with Crippen LogP contribution in [0.4, 0.5) is 4.39 Å². The number of nitrogens with two attached hydrogens (primary N) is 1. The van der Waals surface area contributed by atoms with E-state index in [4.69, 9.17) is 5.73 Å². The zero-order valence-electron chi connectivity index (χ0n) is 8.89. The first kappa shape index (κ1) is 10.7. The topological polar surface area (TPSA) is 51.8 Å². The molecule has 0 saturated carbocycles. The van der Waals surface area contributed by atoms with Crippen molar-refractivity contribution in [3.63, 3.8) is 0 Å². The highest BCUT2D eigenvalue weighted by Crippen LogP contribution is 2.19. The first-order chi connectivity index (χ1) is 7.68. The van der Waals surface area contributed by atoms with E-state index in [0.29, 0.717) is 11.3 Å². The van der Waals surface area contributed by atoms with E-state index in [9.17, 15) is 4.39 Å². The van der Waals surface area contributed by atoms with Crippen molar-refractivity contribution in [2.75, 3.05) is 0 Å². The van der Waals surface area contributed by atoms with E-state index in [1.807, 2.05) is 19.1 Å². The Morgan fingerprint density at radius 3 is 2.81 bits per heavy atom. The second-order valence-corrected chi connectivity index (χ2v) is 3.58. The van der Waals surface area contributed by atoms with Crippen molar-refractivity contribution in [3.8, 4) is 0 Å². The summed E-state index contributed by atoms with van der Waals surface area (Å²) >= 11 is 0. The van der Waals surface area contributed by atoms with E-state index in [1.165, 1.54) is 6.20 Å². The SMILES string of the molecule is Cc1cccc(C(N)c2ccncc2F)n1. The molecule has 4 heteroatoms. The zero-order chi connectivity index (χ0) is 11.5. The van der Waals surface area contributed by atoms with Gasteiger partial charge in [0.25, 0.3) is 0 Å². The van der Waals surface area contributed by atoms with Gasteiger partial charge in [-0.1, -0.05) is 6.07 Å². The van der Waals surface area contributed by atoms with Crippen molar-refractivity contribution in [2.24, 2.45) is 5.73 Å². The fourth-order valence-electron chi connectivity index (χ4n) is 1.53. The number of hydrogen-bond acceptors (Lipinski definition) is 3. The van der Waals surface area contributed by atoms with Crippen molar-refractivity contribution in [1.29, 1.82) is 0 Å². The standard InChI is InChI=1S/C12H12FN3/c1-8-3-2-4-11(16-8)12(14)9-5-6-15-7-10(9)13/h2-7,12H,14H2,1H3. The summed E-state index contributed by atoms with van der Waals surface area (Å²) in [4.78, 5) is 7.97. The fraction of sp³-hybridized carbons (Fsp3) is 0.167. The number of aryl methyl sites for hydroxylation is 1. The highest BCUT2D eigenvalue weighted by atomic mass is 19.1. The molecule has 1 atom stereocenters. The molecule has 82 valence electrons. The Bertz CT molecular complexity index is 499. The first-order valence-corrected chi connectivity index (χ1v) is 4.97. The molecule has 16 heavy (non-hydrogen) atoms. The van der Waals surface area contributed by atoms with Crippen LogP contribution in [0.5, 0.6) is 0 Å². The van der Waals surface area contributed by atoms with Gasteiger partial charge < -0.3 is 5.73 Å². The van der Waals surface area contributed by atoms with Gasteiger partial charge in [-0.05, 0) is 25.1 Å². The molecule has 3 nitrogen and oxygen atoms in total. The Balaban J connectivity index is 2.39. The van der Waals surface area contributed by atoms with E-state index in [2.05, 4.69) is 9.97 Å². The molecular formula is C12H12FN3. The highest BCUT2D eigenvalue weighted by Gasteiger charge is 2.14. The van der Waals surface area contributed by atoms with Crippen LogP contribution in [0.3, 0.4) is 0 Å². The van der Waals surface area contributed by atoms with E-state index >= 15 is 0 Å². The van der Waals surface area contributed by atoms with Crippen LogP contribution < -0.4 is 5.73 Å². The number of hydrogen-bond donors (Lipinski definition) is 1. The average Bonchev–Trinajstić information content (AvgIpc) is 2.29. The van der Waals surface area contributed by atoms with Crippen LogP contribution in [0, 0.1) is 12.7 Å². The Kier molecular flexibility index (Phi) is 2.92. The van der Waals surface area contributed by atoms with Crippen LogP contribution >= 0.6 is 0 Å². The lowest BCUT2D eigenvalue weighted by molar-refractivity contribution is 0.590. The Hall–Kier alpha value is -1.81. The highest BCUT2D eigenvalue weighted by molar-refractivity contribution is 5.27.